The summed E-state index contributed by atoms with van der Waals surface area (Å²) in [6.45, 7) is 4.50. The molecule has 0 aromatic rings. The van der Waals surface area contributed by atoms with Gasteiger partial charge in [-0.25, -0.2) is 0 Å². The second-order valence-corrected chi connectivity index (χ2v) is 5.21. The third-order valence-corrected chi connectivity index (χ3v) is 3.97. The molecule has 0 aromatic carbocycles. The van der Waals surface area contributed by atoms with E-state index in [1.54, 1.807) is 0 Å². The minimum absolute atomic E-state index is 0.198. The molecule has 0 aliphatic carbocycles. The van der Waals surface area contributed by atoms with Crippen LogP contribution in [0, 0.1) is 0 Å². The Morgan fingerprint density at radius 2 is 1.94 bits per heavy atom. The van der Waals surface area contributed by atoms with Crippen LogP contribution in [0.2, 0.25) is 0 Å². The SMILES string of the molecule is O=C(CCCCO)N1CCC(N2CCCC2)C1. The number of likely N-dealkylation sites (tertiary alicyclic amines) is 2. The first-order valence-corrected chi connectivity index (χ1v) is 6.94. The Labute approximate surface area is 104 Å². The van der Waals surface area contributed by atoms with Crippen molar-refractivity contribution in [2.24, 2.45) is 0 Å². The Balaban J connectivity index is 1.71. The van der Waals surface area contributed by atoms with Crippen molar-refractivity contribution in [1.82, 2.24) is 9.80 Å². The summed E-state index contributed by atoms with van der Waals surface area (Å²) in [6.07, 6.45) is 5.95. The van der Waals surface area contributed by atoms with E-state index < -0.39 is 0 Å². The minimum Gasteiger partial charge on any atom is -0.396 e. The van der Waals surface area contributed by atoms with Crippen LogP contribution in [0.15, 0.2) is 0 Å². The zero-order valence-electron chi connectivity index (χ0n) is 10.6. The Kier molecular flexibility index (Phi) is 4.80. The number of hydrogen-bond donors (Lipinski definition) is 1. The fraction of sp³-hybridized carbons (Fsp3) is 0.923. The largest absolute Gasteiger partial charge is 0.396 e. The van der Waals surface area contributed by atoms with Crippen molar-refractivity contribution in [2.45, 2.75) is 44.6 Å². The van der Waals surface area contributed by atoms with Gasteiger partial charge in [-0.05, 0) is 45.2 Å². The first kappa shape index (κ1) is 12.8. The summed E-state index contributed by atoms with van der Waals surface area (Å²) in [5.74, 6) is 0.278. The Morgan fingerprint density at radius 1 is 1.18 bits per heavy atom. The smallest absolute Gasteiger partial charge is 0.222 e. The number of carbonyl (C=O) groups is 1. The van der Waals surface area contributed by atoms with E-state index in [0.717, 1.165) is 32.4 Å². The summed E-state index contributed by atoms with van der Waals surface area (Å²) in [5.41, 5.74) is 0. The van der Waals surface area contributed by atoms with E-state index >= 15 is 0 Å². The van der Waals surface area contributed by atoms with Gasteiger partial charge in [-0.3, -0.25) is 9.69 Å². The van der Waals surface area contributed by atoms with Gasteiger partial charge in [-0.15, -0.1) is 0 Å². The summed E-state index contributed by atoms with van der Waals surface area (Å²) >= 11 is 0. The highest BCUT2D eigenvalue weighted by Crippen LogP contribution is 2.21. The summed E-state index contributed by atoms with van der Waals surface area (Å²) in [5, 5.41) is 8.70. The predicted molar refractivity (Wildman–Crippen MR) is 66.7 cm³/mol. The standard InChI is InChI=1S/C13H24N2O2/c16-10-4-1-5-13(17)15-9-6-12(11-15)14-7-2-3-8-14/h12,16H,1-11H2. The molecule has 4 nitrogen and oxygen atoms in total. The molecule has 2 saturated heterocycles. The highest BCUT2D eigenvalue weighted by atomic mass is 16.3. The quantitative estimate of drug-likeness (QED) is 0.724. The summed E-state index contributed by atoms with van der Waals surface area (Å²) < 4.78 is 0. The molecule has 1 amide bonds. The van der Waals surface area contributed by atoms with E-state index in [-0.39, 0.29) is 12.5 Å². The molecule has 98 valence electrons. The fourth-order valence-electron chi connectivity index (χ4n) is 2.92. The van der Waals surface area contributed by atoms with Crippen molar-refractivity contribution < 1.29 is 9.90 Å². The zero-order valence-corrected chi connectivity index (χ0v) is 10.6. The summed E-state index contributed by atoms with van der Waals surface area (Å²) in [6, 6.07) is 0.610. The number of unbranched alkanes of at least 4 members (excludes halogenated alkanes) is 1. The van der Waals surface area contributed by atoms with Crippen LogP contribution in [0.1, 0.15) is 38.5 Å². The molecular formula is C13H24N2O2. The number of rotatable bonds is 5. The van der Waals surface area contributed by atoms with Crippen molar-refractivity contribution in [3.05, 3.63) is 0 Å². The highest BCUT2D eigenvalue weighted by Gasteiger charge is 2.30. The molecule has 2 aliphatic rings. The van der Waals surface area contributed by atoms with Crippen molar-refractivity contribution in [3.8, 4) is 0 Å². The average Bonchev–Trinajstić information content (AvgIpc) is 3.00. The molecule has 2 aliphatic heterocycles. The number of amides is 1. The number of aliphatic hydroxyl groups is 1. The minimum atomic E-state index is 0.198. The third kappa shape index (κ3) is 3.42. The number of hydrogen-bond acceptors (Lipinski definition) is 3. The lowest BCUT2D eigenvalue weighted by molar-refractivity contribution is -0.130. The van der Waals surface area contributed by atoms with E-state index in [9.17, 15) is 4.79 Å². The summed E-state index contributed by atoms with van der Waals surface area (Å²) in [7, 11) is 0. The van der Waals surface area contributed by atoms with Gasteiger partial charge < -0.3 is 10.0 Å². The predicted octanol–water partition coefficient (Wildman–Crippen LogP) is 0.846. The fourth-order valence-corrected chi connectivity index (χ4v) is 2.92. The maximum absolute atomic E-state index is 11.9. The molecule has 1 atom stereocenters. The van der Waals surface area contributed by atoms with Gasteiger partial charge in [0.2, 0.25) is 5.91 Å². The van der Waals surface area contributed by atoms with Gasteiger partial charge in [0, 0.05) is 32.2 Å². The highest BCUT2D eigenvalue weighted by molar-refractivity contribution is 5.76. The topological polar surface area (TPSA) is 43.8 Å². The molecule has 17 heavy (non-hydrogen) atoms. The Morgan fingerprint density at radius 3 is 2.65 bits per heavy atom. The van der Waals surface area contributed by atoms with E-state index in [2.05, 4.69) is 4.90 Å². The van der Waals surface area contributed by atoms with Crippen molar-refractivity contribution >= 4 is 5.91 Å². The van der Waals surface area contributed by atoms with Crippen LogP contribution < -0.4 is 0 Å². The first-order valence-electron chi connectivity index (χ1n) is 6.94. The van der Waals surface area contributed by atoms with Crippen molar-refractivity contribution in [2.75, 3.05) is 32.8 Å². The molecule has 1 N–H and O–H groups in total. The first-order chi connectivity index (χ1) is 8.31. The molecule has 2 rings (SSSR count). The van der Waals surface area contributed by atoms with E-state index in [4.69, 9.17) is 5.11 Å². The van der Waals surface area contributed by atoms with Gasteiger partial charge in [-0.1, -0.05) is 0 Å². The molecule has 4 heteroatoms. The molecule has 0 saturated carbocycles. The molecule has 0 spiro atoms. The van der Waals surface area contributed by atoms with Gasteiger partial charge in [0.1, 0.15) is 0 Å². The Hall–Kier alpha value is -0.610. The molecule has 2 fully saturated rings. The van der Waals surface area contributed by atoms with Crippen LogP contribution in [-0.4, -0.2) is 59.6 Å². The van der Waals surface area contributed by atoms with Crippen molar-refractivity contribution in [1.29, 1.82) is 0 Å². The molecule has 0 radical (unpaired) electrons. The molecule has 0 bridgehead atoms. The van der Waals surface area contributed by atoms with Crippen LogP contribution in [0.25, 0.3) is 0 Å². The monoisotopic (exact) mass is 240 g/mol. The van der Waals surface area contributed by atoms with Crippen LogP contribution in [0.3, 0.4) is 0 Å². The van der Waals surface area contributed by atoms with Gasteiger partial charge >= 0.3 is 0 Å². The molecule has 0 aromatic heterocycles. The van der Waals surface area contributed by atoms with Crippen LogP contribution >= 0.6 is 0 Å². The van der Waals surface area contributed by atoms with Crippen LogP contribution in [0.4, 0.5) is 0 Å². The van der Waals surface area contributed by atoms with Gasteiger partial charge in [0.25, 0.3) is 0 Å². The second kappa shape index (κ2) is 6.36. The third-order valence-electron chi connectivity index (χ3n) is 3.97. The molecular weight excluding hydrogens is 216 g/mol. The number of carbonyl (C=O) groups excluding carboxylic acids is 1. The van der Waals surface area contributed by atoms with Gasteiger partial charge in [0.05, 0.1) is 0 Å². The van der Waals surface area contributed by atoms with E-state index in [1.165, 1.54) is 25.9 Å². The normalized spacial score (nSPS) is 25.7. The molecule has 2 heterocycles. The zero-order chi connectivity index (χ0) is 12.1. The number of aliphatic hydroxyl groups excluding tert-OH is 1. The van der Waals surface area contributed by atoms with Crippen LogP contribution in [-0.2, 0) is 4.79 Å². The van der Waals surface area contributed by atoms with Gasteiger partial charge in [-0.2, -0.15) is 0 Å². The maximum Gasteiger partial charge on any atom is 0.222 e. The second-order valence-electron chi connectivity index (χ2n) is 5.21. The summed E-state index contributed by atoms with van der Waals surface area (Å²) in [4.78, 5) is 16.5. The lowest BCUT2D eigenvalue weighted by Gasteiger charge is -2.23. The average molecular weight is 240 g/mol. The lowest BCUT2D eigenvalue weighted by atomic mass is 10.2. The number of nitrogens with zero attached hydrogens (tertiary/aromatic N) is 2. The van der Waals surface area contributed by atoms with Gasteiger partial charge in [0.15, 0.2) is 0 Å². The van der Waals surface area contributed by atoms with E-state index in [1.807, 2.05) is 4.90 Å². The lowest BCUT2D eigenvalue weighted by Crippen LogP contribution is -2.37. The molecule has 1 unspecified atom stereocenters. The van der Waals surface area contributed by atoms with E-state index in [0.29, 0.717) is 12.5 Å². The maximum atomic E-state index is 11.9. The Bertz CT molecular complexity index is 252. The van der Waals surface area contributed by atoms with Crippen LogP contribution in [0.5, 0.6) is 0 Å². The van der Waals surface area contributed by atoms with Crippen molar-refractivity contribution in [3.63, 3.8) is 0 Å².